The summed E-state index contributed by atoms with van der Waals surface area (Å²) >= 11 is 5.23. The Hall–Kier alpha value is -4.10. The first-order chi connectivity index (χ1) is 15.6. The van der Waals surface area contributed by atoms with Crippen LogP contribution in [0.2, 0.25) is 0 Å². The molecule has 0 saturated heterocycles. The van der Waals surface area contributed by atoms with Crippen molar-refractivity contribution in [3.05, 3.63) is 83.9 Å². The molecule has 0 aliphatic heterocycles. The Labute approximate surface area is 189 Å². The quantitative estimate of drug-likeness (QED) is 0.0993. The molecule has 0 aliphatic carbocycles. The van der Waals surface area contributed by atoms with Crippen LogP contribution in [-0.2, 0) is 0 Å². The number of azo groups is 1. The number of aryl methyl sites for hydroxylation is 1. The number of nitrogens with one attached hydrogen (secondary N) is 2. The van der Waals surface area contributed by atoms with Crippen LogP contribution in [0.4, 0.5) is 5.69 Å². The summed E-state index contributed by atoms with van der Waals surface area (Å²) in [5.74, 6) is -0.0525. The maximum Gasteiger partial charge on any atom is 0.234 e. The van der Waals surface area contributed by atoms with E-state index in [0.717, 1.165) is 32.8 Å². The normalized spacial score (nSPS) is 11.9. The van der Waals surface area contributed by atoms with E-state index in [2.05, 4.69) is 56.1 Å². The number of nitrogens with zero attached hydrogens (tertiary/aromatic N) is 3. The van der Waals surface area contributed by atoms with Crippen LogP contribution in [0.3, 0.4) is 0 Å². The first-order valence-corrected chi connectivity index (χ1v) is 10.5. The lowest BCUT2D eigenvalue weighted by molar-refractivity contribution is 0.459. The van der Waals surface area contributed by atoms with Crippen LogP contribution in [0.25, 0.3) is 32.4 Å². The number of rotatable bonds is 3. The number of benzene rings is 4. The number of aromatic hydroxyl groups is 1. The molecule has 1 heterocycles. The molecular weight excluding hydrogens is 418 g/mol. The third-order valence-electron chi connectivity index (χ3n) is 5.31. The summed E-state index contributed by atoms with van der Waals surface area (Å²) in [6.45, 7) is 1.97. The van der Waals surface area contributed by atoms with Gasteiger partial charge >= 0.3 is 0 Å². The molecule has 0 radical (unpaired) electrons. The molecule has 3 N–H and O–H groups in total. The number of fused-ring (bicyclic) bond motifs is 4. The average Bonchev–Trinajstić information content (AvgIpc) is 3.12. The van der Waals surface area contributed by atoms with Crippen LogP contribution in [0, 0.1) is 6.92 Å². The predicted molar refractivity (Wildman–Crippen MR) is 134 cm³/mol. The smallest absolute Gasteiger partial charge is 0.234 e. The van der Waals surface area contributed by atoms with E-state index in [-0.39, 0.29) is 11.0 Å². The number of hydrogen-bond donors (Lipinski definition) is 3. The highest BCUT2D eigenvalue weighted by atomic mass is 32.1. The second kappa shape index (κ2) is 8.20. The minimum Gasteiger partial charge on any atom is -0.493 e. The second-order valence-corrected chi connectivity index (χ2v) is 7.87. The van der Waals surface area contributed by atoms with E-state index in [1.165, 1.54) is 10.8 Å². The Bertz CT molecular complexity index is 1550. The number of H-pyrrole nitrogens is 1. The van der Waals surface area contributed by atoms with Gasteiger partial charge in [-0.25, -0.2) is 0 Å². The molecule has 0 unspecified atom stereocenters. The molecule has 6 nitrogen and oxygen atoms in total. The number of aromatic amines is 1. The molecule has 7 heteroatoms. The Morgan fingerprint density at radius 3 is 2.53 bits per heavy atom. The van der Waals surface area contributed by atoms with Crippen molar-refractivity contribution in [1.29, 1.82) is 0 Å². The number of aromatic nitrogens is 1. The highest BCUT2D eigenvalue weighted by Gasteiger charge is 2.10. The fraction of sp³-hybridized carbons (Fsp3) is 0.0400. The molecule has 0 saturated carbocycles. The van der Waals surface area contributed by atoms with E-state index in [4.69, 9.17) is 12.2 Å². The molecule has 0 aliphatic rings. The van der Waals surface area contributed by atoms with Gasteiger partial charge in [0.25, 0.3) is 0 Å². The predicted octanol–water partition coefficient (Wildman–Crippen LogP) is 6.48. The Morgan fingerprint density at radius 1 is 0.938 bits per heavy atom. The Morgan fingerprint density at radius 2 is 1.69 bits per heavy atom. The van der Waals surface area contributed by atoms with Crippen LogP contribution in [0.1, 0.15) is 11.1 Å². The van der Waals surface area contributed by atoms with Gasteiger partial charge in [0, 0.05) is 10.9 Å². The Balaban J connectivity index is 1.39. The maximum absolute atomic E-state index is 10.1. The molecular formula is C25H19N5OS. The summed E-state index contributed by atoms with van der Waals surface area (Å²) in [4.78, 5) is 2.88. The number of thiocarbonyl (C=S) groups is 1. The summed E-state index contributed by atoms with van der Waals surface area (Å²) in [5.41, 5.74) is 5.88. The van der Waals surface area contributed by atoms with Gasteiger partial charge in [-0.2, -0.15) is 5.10 Å². The molecule has 0 bridgehead atoms. The second-order valence-electron chi connectivity index (χ2n) is 7.48. The molecule has 5 rings (SSSR count). The first-order valence-electron chi connectivity index (χ1n) is 10.1. The molecule has 0 atom stereocenters. The van der Waals surface area contributed by atoms with E-state index >= 15 is 0 Å². The minimum absolute atomic E-state index is 0.0525. The van der Waals surface area contributed by atoms with Crippen molar-refractivity contribution in [3.63, 3.8) is 0 Å². The molecule has 1 aromatic heterocycles. The average molecular weight is 438 g/mol. The third-order valence-corrected chi connectivity index (χ3v) is 5.49. The van der Waals surface area contributed by atoms with Gasteiger partial charge in [0.05, 0.1) is 11.7 Å². The molecule has 156 valence electrons. The molecule has 0 amide bonds. The molecule has 0 spiro atoms. The van der Waals surface area contributed by atoms with E-state index < -0.39 is 0 Å². The zero-order valence-electron chi connectivity index (χ0n) is 17.2. The minimum atomic E-state index is -0.0525. The van der Waals surface area contributed by atoms with Crippen LogP contribution in [-0.4, -0.2) is 21.4 Å². The maximum atomic E-state index is 10.1. The third kappa shape index (κ3) is 3.70. The molecule has 5 aromatic rings. The highest BCUT2D eigenvalue weighted by Crippen LogP contribution is 2.35. The Kier molecular flexibility index (Phi) is 5.09. The highest BCUT2D eigenvalue weighted by molar-refractivity contribution is 7.80. The summed E-state index contributed by atoms with van der Waals surface area (Å²) < 4.78 is 0. The molecule has 32 heavy (non-hydrogen) atoms. The van der Waals surface area contributed by atoms with Gasteiger partial charge in [-0.1, -0.05) is 60.2 Å². The van der Waals surface area contributed by atoms with Gasteiger partial charge in [-0.05, 0) is 58.9 Å². The van der Waals surface area contributed by atoms with Crippen LogP contribution >= 0.6 is 12.2 Å². The lowest BCUT2D eigenvalue weighted by atomic mass is 9.98. The SMILES string of the molecule is Cc1ccc2[nH]c(O)c(N=NC(=S)N/N=C/c3cc4ccccc4c4ccccc34)c2c1. The zero-order valence-corrected chi connectivity index (χ0v) is 18.0. The van der Waals surface area contributed by atoms with Gasteiger partial charge in [-0.3, -0.25) is 5.43 Å². The van der Waals surface area contributed by atoms with Gasteiger partial charge in [0.15, 0.2) is 5.69 Å². The summed E-state index contributed by atoms with van der Waals surface area (Å²) in [5, 5.41) is 28.0. The van der Waals surface area contributed by atoms with Gasteiger partial charge < -0.3 is 10.1 Å². The van der Waals surface area contributed by atoms with E-state index in [1.54, 1.807) is 6.21 Å². The van der Waals surface area contributed by atoms with E-state index in [0.29, 0.717) is 5.69 Å². The van der Waals surface area contributed by atoms with Crippen molar-refractivity contribution in [2.24, 2.45) is 15.3 Å². The van der Waals surface area contributed by atoms with E-state index in [9.17, 15) is 5.11 Å². The molecule has 0 fully saturated rings. The summed E-state index contributed by atoms with van der Waals surface area (Å²) in [7, 11) is 0. The monoisotopic (exact) mass is 437 g/mol. The van der Waals surface area contributed by atoms with Gasteiger partial charge in [0.2, 0.25) is 11.0 Å². The molecule has 4 aromatic carbocycles. The topological polar surface area (TPSA) is 85.1 Å². The summed E-state index contributed by atoms with van der Waals surface area (Å²) in [6, 6.07) is 24.4. The van der Waals surface area contributed by atoms with Gasteiger partial charge in [0.1, 0.15) is 0 Å². The van der Waals surface area contributed by atoms with Crippen LogP contribution in [0.5, 0.6) is 5.88 Å². The number of hydrogen-bond acceptors (Lipinski definition) is 4. The fourth-order valence-electron chi connectivity index (χ4n) is 3.84. The fourth-order valence-corrected chi connectivity index (χ4v) is 3.94. The van der Waals surface area contributed by atoms with Crippen LogP contribution < -0.4 is 5.43 Å². The van der Waals surface area contributed by atoms with Crippen molar-refractivity contribution in [2.45, 2.75) is 6.92 Å². The largest absolute Gasteiger partial charge is 0.493 e. The van der Waals surface area contributed by atoms with Crippen molar-refractivity contribution >= 4 is 61.7 Å². The lowest BCUT2D eigenvalue weighted by Crippen LogP contribution is -2.11. The first kappa shape index (κ1) is 19.8. The van der Waals surface area contributed by atoms with Crippen molar-refractivity contribution in [3.8, 4) is 5.88 Å². The van der Waals surface area contributed by atoms with Crippen molar-refractivity contribution < 1.29 is 5.11 Å². The lowest BCUT2D eigenvalue weighted by Gasteiger charge is -2.07. The van der Waals surface area contributed by atoms with Crippen molar-refractivity contribution in [1.82, 2.24) is 10.4 Å². The summed E-state index contributed by atoms with van der Waals surface area (Å²) in [6.07, 6.45) is 1.73. The van der Waals surface area contributed by atoms with Crippen molar-refractivity contribution in [2.75, 3.05) is 0 Å². The zero-order chi connectivity index (χ0) is 22.1. The van der Waals surface area contributed by atoms with E-state index in [1.807, 2.05) is 49.4 Å². The standard InChI is InChI=1S/C25H19N5OS/c1-15-10-11-22-21(12-15)23(24(31)27-22)28-30-25(32)29-26-14-17-13-16-6-2-3-7-18(16)20-9-5-4-8-19(17)20/h2-14,27,31H,1H3,(H,29,32)/b26-14+,30-28?. The number of hydrazone groups is 1. The van der Waals surface area contributed by atoms with Gasteiger partial charge in [-0.15, -0.1) is 10.2 Å². The van der Waals surface area contributed by atoms with Crippen LogP contribution in [0.15, 0.2) is 88.1 Å².